The number of hydrogen-bond acceptors (Lipinski definition) is 4. The minimum atomic E-state index is -3.59. The van der Waals surface area contributed by atoms with Gasteiger partial charge in [0.1, 0.15) is 4.90 Å². The molecular formula is C12H19N5O2S. The number of anilines is 1. The number of nitrogens with one attached hydrogen (secondary N) is 2. The van der Waals surface area contributed by atoms with Gasteiger partial charge in [0.25, 0.3) is 10.0 Å². The second-order valence-electron chi connectivity index (χ2n) is 4.72. The summed E-state index contributed by atoms with van der Waals surface area (Å²) in [4.78, 5) is 0.244. The van der Waals surface area contributed by atoms with Gasteiger partial charge in [0, 0.05) is 38.7 Å². The average Bonchev–Trinajstić information content (AvgIpc) is 2.84. The summed E-state index contributed by atoms with van der Waals surface area (Å²) in [5.74, 6) is 0. The first kappa shape index (κ1) is 14.6. The van der Waals surface area contributed by atoms with E-state index in [-0.39, 0.29) is 4.90 Å². The summed E-state index contributed by atoms with van der Waals surface area (Å²) >= 11 is 0. The second kappa shape index (κ2) is 5.29. The summed E-state index contributed by atoms with van der Waals surface area (Å²) < 4.78 is 30.6. The molecule has 0 amide bonds. The topological polar surface area (TPSA) is 81.0 Å². The molecule has 110 valence electrons. The highest BCUT2D eigenvalue weighted by Gasteiger charge is 2.19. The van der Waals surface area contributed by atoms with Crippen LogP contribution in [0.1, 0.15) is 11.4 Å². The van der Waals surface area contributed by atoms with E-state index in [1.807, 2.05) is 14.1 Å². The normalized spacial score (nSPS) is 11.8. The molecule has 2 aromatic rings. The molecule has 7 nitrogen and oxygen atoms in total. The molecule has 0 spiro atoms. The lowest BCUT2D eigenvalue weighted by Crippen LogP contribution is -2.12. The van der Waals surface area contributed by atoms with Crippen molar-refractivity contribution in [2.24, 2.45) is 14.1 Å². The molecule has 0 fully saturated rings. The fourth-order valence-corrected chi connectivity index (χ4v) is 3.18. The van der Waals surface area contributed by atoms with Crippen molar-refractivity contribution in [2.45, 2.75) is 18.4 Å². The molecule has 0 atom stereocenters. The smallest absolute Gasteiger partial charge is 0.263 e. The molecule has 0 aliphatic carbocycles. The zero-order valence-electron chi connectivity index (χ0n) is 12.0. The molecule has 20 heavy (non-hydrogen) atoms. The zero-order valence-corrected chi connectivity index (χ0v) is 12.8. The van der Waals surface area contributed by atoms with Crippen molar-refractivity contribution >= 4 is 15.7 Å². The Morgan fingerprint density at radius 1 is 1.30 bits per heavy atom. The lowest BCUT2D eigenvalue weighted by atomic mass is 10.4. The maximum absolute atomic E-state index is 12.4. The van der Waals surface area contributed by atoms with Gasteiger partial charge in [-0.1, -0.05) is 0 Å². The van der Waals surface area contributed by atoms with Crippen molar-refractivity contribution in [3.05, 3.63) is 29.8 Å². The molecule has 0 saturated heterocycles. The monoisotopic (exact) mass is 297 g/mol. The van der Waals surface area contributed by atoms with Crippen LogP contribution in [0, 0.1) is 6.92 Å². The maximum atomic E-state index is 12.4. The van der Waals surface area contributed by atoms with Crippen molar-refractivity contribution in [3.8, 4) is 0 Å². The van der Waals surface area contributed by atoms with Gasteiger partial charge >= 0.3 is 0 Å². The number of aromatic nitrogens is 3. The van der Waals surface area contributed by atoms with Gasteiger partial charge < -0.3 is 9.88 Å². The number of nitrogens with zero attached hydrogens (tertiary/aromatic N) is 3. The van der Waals surface area contributed by atoms with Gasteiger partial charge in [-0.25, -0.2) is 8.42 Å². The van der Waals surface area contributed by atoms with E-state index >= 15 is 0 Å². The van der Waals surface area contributed by atoms with Crippen molar-refractivity contribution in [1.29, 1.82) is 0 Å². The quantitative estimate of drug-likeness (QED) is 0.846. The first-order valence-corrected chi connectivity index (χ1v) is 7.64. The number of aryl methyl sites for hydroxylation is 3. The van der Waals surface area contributed by atoms with E-state index in [0.717, 1.165) is 5.69 Å². The van der Waals surface area contributed by atoms with Crippen molar-refractivity contribution in [3.63, 3.8) is 0 Å². The van der Waals surface area contributed by atoms with E-state index in [1.165, 1.54) is 0 Å². The van der Waals surface area contributed by atoms with Gasteiger partial charge in [0.05, 0.1) is 11.4 Å². The summed E-state index contributed by atoms with van der Waals surface area (Å²) in [7, 11) is 1.79. The molecule has 2 rings (SSSR count). The second-order valence-corrected chi connectivity index (χ2v) is 6.40. The molecular weight excluding hydrogens is 278 g/mol. The van der Waals surface area contributed by atoms with E-state index in [2.05, 4.69) is 15.1 Å². The summed E-state index contributed by atoms with van der Waals surface area (Å²) in [6.07, 6.45) is 3.24. The third-order valence-electron chi connectivity index (χ3n) is 3.01. The number of rotatable bonds is 5. The highest BCUT2D eigenvalue weighted by atomic mass is 32.2. The van der Waals surface area contributed by atoms with E-state index in [0.29, 0.717) is 17.9 Å². The summed E-state index contributed by atoms with van der Waals surface area (Å²) in [5, 5.41) is 7.12. The van der Waals surface area contributed by atoms with Crippen molar-refractivity contribution in [2.75, 3.05) is 11.8 Å². The third-order valence-corrected chi connectivity index (χ3v) is 4.34. The van der Waals surface area contributed by atoms with Crippen LogP contribution in [-0.4, -0.2) is 29.8 Å². The Morgan fingerprint density at radius 2 is 2.00 bits per heavy atom. The predicted octanol–water partition coefficient (Wildman–Crippen LogP) is 0.587. The third kappa shape index (κ3) is 2.86. The Hall–Kier alpha value is -1.80. The van der Waals surface area contributed by atoms with Crippen molar-refractivity contribution in [1.82, 2.24) is 19.7 Å². The van der Waals surface area contributed by atoms with Gasteiger partial charge in [-0.3, -0.25) is 9.40 Å². The lowest BCUT2D eigenvalue weighted by molar-refractivity contribution is 0.601. The van der Waals surface area contributed by atoms with Crippen LogP contribution >= 0.6 is 0 Å². The predicted molar refractivity (Wildman–Crippen MR) is 76.9 cm³/mol. The first-order chi connectivity index (χ1) is 9.33. The Labute approximate surface area is 118 Å². The Morgan fingerprint density at radius 3 is 2.55 bits per heavy atom. The van der Waals surface area contributed by atoms with Gasteiger partial charge in [-0.2, -0.15) is 5.10 Å². The minimum absolute atomic E-state index is 0.244. The molecule has 8 heteroatoms. The summed E-state index contributed by atoms with van der Waals surface area (Å²) in [5.41, 5.74) is 2.03. The van der Waals surface area contributed by atoms with Gasteiger partial charge in [-0.05, 0) is 20.0 Å². The summed E-state index contributed by atoms with van der Waals surface area (Å²) in [6.45, 7) is 2.37. The van der Waals surface area contributed by atoms with Crippen LogP contribution in [0.5, 0.6) is 0 Å². The number of sulfonamides is 1. The van der Waals surface area contributed by atoms with Crippen LogP contribution < -0.4 is 10.0 Å². The van der Waals surface area contributed by atoms with E-state index in [4.69, 9.17) is 0 Å². The Kier molecular flexibility index (Phi) is 3.87. The summed E-state index contributed by atoms with van der Waals surface area (Å²) in [6, 6.07) is 1.66. The molecule has 0 aliphatic heterocycles. The largest absolute Gasteiger partial charge is 0.352 e. The first-order valence-electron chi connectivity index (χ1n) is 6.16. The molecule has 0 aromatic carbocycles. The van der Waals surface area contributed by atoms with Crippen LogP contribution in [0.3, 0.4) is 0 Å². The van der Waals surface area contributed by atoms with E-state index in [9.17, 15) is 8.42 Å². The fraction of sp³-hybridized carbons (Fsp3) is 0.417. The molecule has 2 N–H and O–H groups in total. The molecule has 0 bridgehead atoms. The molecule has 0 unspecified atom stereocenters. The molecule has 0 aliphatic rings. The van der Waals surface area contributed by atoms with E-state index in [1.54, 1.807) is 41.7 Å². The minimum Gasteiger partial charge on any atom is -0.352 e. The van der Waals surface area contributed by atoms with Crippen LogP contribution in [0.25, 0.3) is 0 Å². The van der Waals surface area contributed by atoms with Gasteiger partial charge in [0.15, 0.2) is 0 Å². The highest BCUT2D eigenvalue weighted by molar-refractivity contribution is 7.92. The average molecular weight is 297 g/mol. The molecule has 2 aromatic heterocycles. The Bertz CT molecular complexity index is 714. The highest BCUT2D eigenvalue weighted by Crippen LogP contribution is 2.20. The molecule has 2 heterocycles. The van der Waals surface area contributed by atoms with Crippen LogP contribution in [0.2, 0.25) is 0 Å². The van der Waals surface area contributed by atoms with Gasteiger partial charge in [0.2, 0.25) is 0 Å². The lowest BCUT2D eigenvalue weighted by Gasteiger charge is -2.04. The molecule has 0 saturated carbocycles. The standard InChI is InChI=1S/C12H19N5O2S/c1-9-12(8-17(4)14-9)15-20(18,19)11-5-10(6-13-2)16(3)7-11/h5,7-8,13,15H,6H2,1-4H3. The SMILES string of the molecule is CNCc1cc(S(=O)(=O)Nc2cn(C)nc2C)cn1C. The van der Waals surface area contributed by atoms with Gasteiger partial charge in [-0.15, -0.1) is 0 Å². The number of hydrogen-bond donors (Lipinski definition) is 2. The van der Waals surface area contributed by atoms with E-state index < -0.39 is 10.0 Å². The van der Waals surface area contributed by atoms with Crippen LogP contribution in [-0.2, 0) is 30.7 Å². The zero-order chi connectivity index (χ0) is 14.9. The van der Waals surface area contributed by atoms with Crippen molar-refractivity contribution < 1.29 is 8.42 Å². The van der Waals surface area contributed by atoms with Crippen LogP contribution in [0.4, 0.5) is 5.69 Å². The van der Waals surface area contributed by atoms with Crippen LogP contribution in [0.15, 0.2) is 23.4 Å². The Balaban J connectivity index is 2.31. The maximum Gasteiger partial charge on any atom is 0.263 e. The molecule has 0 radical (unpaired) electrons. The fourth-order valence-electron chi connectivity index (χ4n) is 1.98.